The molecule has 136 valence electrons. The van der Waals surface area contributed by atoms with Gasteiger partial charge in [0.1, 0.15) is 0 Å². The molecule has 3 heterocycles. The lowest BCUT2D eigenvalue weighted by molar-refractivity contribution is 0.187. The molecule has 1 fully saturated rings. The average Bonchev–Trinajstić information content (AvgIpc) is 3.15. The van der Waals surface area contributed by atoms with Crippen molar-refractivity contribution in [3.05, 3.63) is 47.8 Å². The van der Waals surface area contributed by atoms with Gasteiger partial charge >= 0.3 is 6.03 Å². The number of sulfone groups is 1. The standard InChI is InChI=1S/C18H20N4O3S/c1-18(7-8-26(24,25)12-18)21-17(23)22-10-14-9-19-16(20-15(14)11-22)13-5-3-2-4-6-13/h2-6,9H,7-8,10-12H2,1H3,(H,21,23)/t18-/m0/s1. The fourth-order valence-corrected chi connectivity index (χ4v) is 5.56. The van der Waals surface area contributed by atoms with Crippen LogP contribution >= 0.6 is 0 Å². The van der Waals surface area contributed by atoms with E-state index in [0.717, 1.165) is 16.8 Å². The van der Waals surface area contributed by atoms with E-state index in [0.29, 0.717) is 25.3 Å². The number of aromatic nitrogens is 2. The summed E-state index contributed by atoms with van der Waals surface area (Å²) in [5, 5.41) is 2.89. The zero-order valence-electron chi connectivity index (χ0n) is 14.5. The Morgan fingerprint density at radius 2 is 2.00 bits per heavy atom. The molecule has 0 aliphatic carbocycles. The van der Waals surface area contributed by atoms with E-state index < -0.39 is 15.4 Å². The molecule has 8 heteroatoms. The van der Waals surface area contributed by atoms with Crippen molar-refractivity contribution < 1.29 is 13.2 Å². The Morgan fingerprint density at radius 1 is 1.23 bits per heavy atom. The van der Waals surface area contributed by atoms with Gasteiger partial charge in [0.25, 0.3) is 0 Å². The Kier molecular flexibility index (Phi) is 3.95. The Hall–Kier alpha value is -2.48. The molecule has 7 nitrogen and oxygen atoms in total. The summed E-state index contributed by atoms with van der Waals surface area (Å²) in [6, 6.07) is 9.44. The highest BCUT2D eigenvalue weighted by molar-refractivity contribution is 7.91. The number of urea groups is 1. The van der Waals surface area contributed by atoms with Gasteiger partial charge in [-0.2, -0.15) is 0 Å². The second-order valence-corrected chi connectivity index (χ2v) is 9.40. The maximum absolute atomic E-state index is 12.6. The number of carbonyl (C=O) groups excluding carboxylic acids is 1. The maximum Gasteiger partial charge on any atom is 0.318 e. The van der Waals surface area contributed by atoms with Crippen LogP contribution in [0.4, 0.5) is 4.79 Å². The van der Waals surface area contributed by atoms with Gasteiger partial charge in [-0.15, -0.1) is 0 Å². The quantitative estimate of drug-likeness (QED) is 0.867. The Bertz CT molecular complexity index is 962. The lowest BCUT2D eigenvalue weighted by Gasteiger charge is -2.27. The van der Waals surface area contributed by atoms with Gasteiger partial charge in [-0.05, 0) is 13.3 Å². The summed E-state index contributed by atoms with van der Waals surface area (Å²) in [6.45, 7) is 2.61. The lowest BCUT2D eigenvalue weighted by atomic mass is 10.0. The summed E-state index contributed by atoms with van der Waals surface area (Å²) in [4.78, 5) is 23.3. The minimum Gasteiger partial charge on any atom is -0.332 e. The second kappa shape index (κ2) is 6.05. The van der Waals surface area contributed by atoms with Gasteiger partial charge in [0.05, 0.1) is 35.8 Å². The molecule has 2 aromatic rings. The molecule has 0 spiro atoms. The summed E-state index contributed by atoms with van der Waals surface area (Å²) in [6.07, 6.45) is 2.21. The van der Waals surface area contributed by atoms with Crippen molar-refractivity contribution >= 4 is 15.9 Å². The number of benzene rings is 1. The molecule has 0 bridgehead atoms. The zero-order chi connectivity index (χ0) is 18.4. The van der Waals surface area contributed by atoms with Crippen LogP contribution in [0.5, 0.6) is 0 Å². The molecule has 1 saturated heterocycles. The highest BCUT2D eigenvalue weighted by Crippen LogP contribution is 2.26. The van der Waals surface area contributed by atoms with E-state index in [2.05, 4.69) is 15.3 Å². The van der Waals surface area contributed by atoms with Crippen molar-refractivity contribution in [1.29, 1.82) is 0 Å². The summed E-state index contributed by atoms with van der Waals surface area (Å²) < 4.78 is 23.4. The number of hydrogen-bond acceptors (Lipinski definition) is 5. The fraction of sp³-hybridized carbons (Fsp3) is 0.389. The van der Waals surface area contributed by atoms with E-state index in [-0.39, 0.29) is 17.5 Å². The predicted octanol–water partition coefficient (Wildman–Crippen LogP) is 1.75. The van der Waals surface area contributed by atoms with Crippen molar-refractivity contribution in [3.63, 3.8) is 0 Å². The molecule has 26 heavy (non-hydrogen) atoms. The molecular weight excluding hydrogens is 352 g/mol. The summed E-state index contributed by atoms with van der Waals surface area (Å²) in [5.41, 5.74) is 1.98. The maximum atomic E-state index is 12.6. The number of carbonyl (C=O) groups is 1. The number of nitrogens with zero attached hydrogens (tertiary/aromatic N) is 3. The van der Waals surface area contributed by atoms with Crippen molar-refractivity contribution in [2.75, 3.05) is 11.5 Å². The number of hydrogen-bond donors (Lipinski definition) is 1. The first-order chi connectivity index (χ1) is 12.3. The molecule has 2 amide bonds. The summed E-state index contributed by atoms with van der Waals surface area (Å²) in [7, 11) is -3.07. The topological polar surface area (TPSA) is 92.3 Å². The van der Waals surface area contributed by atoms with Gasteiger partial charge in [-0.3, -0.25) is 0 Å². The van der Waals surface area contributed by atoms with E-state index in [4.69, 9.17) is 0 Å². The zero-order valence-corrected chi connectivity index (χ0v) is 15.3. The summed E-state index contributed by atoms with van der Waals surface area (Å²) in [5.74, 6) is 0.751. The fourth-order valence-electron chi connectivity index (χ4n) is 3.47. The molecule has 1 aromatic carbocycles. The van der Waals surface area contributed by atoms with Crippen LogP contribution in [0, 0.1) is 0 Å². The van der Waals surface area contributed by atoms with E-state index in [1.807, 2.05) is 30.3 Å². The van der Waals surface area contributed by atoms with Crippen LogP contribution in [-0.2, 0) is 22.9 Å². The predicted molar refractivity (Wildman–Crippen MR) is 96.9 cm³/mol. The average molecular weight is 372 g/mol. The molecule has 1 aromatic heterocycles. The minimum absolute atomic E-state index is 0.00944. The van der Waals surface area contributed by atoms with Crippen LogP contribution in [0.3, 0.4) is 0 Å². The first-order valence-corrected chi connectivity index (χ1v) is 10.3. The van der Waals surface area contributed by atoms with Gasteiger partial charge in [0, 0.05) is 17.3 Å². The number of rotatable bonds is 2. The van der Waals surface area contributed by atoms with Gasteiger partial charge in [0.2, 0.25) is 0 Å². The van der Waals surface area contributed by atoms with Gasteiger partial charge in [-0.25, -0.2) is 23.2 Å². The van der Waals surface area contributed by atoms with Crippen LogP contribution in [0.25, 0.3) is 11.4 Å². The molecule has 4 rings (SSSR count). The van der Waals surface area contributed by atoms with Crippen molar-refractivity contribution in [1.82, 2.24) is 20.2 Å². The van der Waals surface area contributed by atoms with Gasteiger partial charge in [-0.1, -0.05) is 30.3 Å². The van der Waals surface area contributed by atoms with Crippen LogP contribution in [0.1, 0.15) is 24.6 Å². The molecule has 1 N–H and O–H groups in total. The Labute approximate surface area is 152 Å². The Balaban J connectivity index is 1.48. The first kappa shape index (κ1) is 17.0. The van der Waals surface area contributed by atoms with Crippen molar-refractivity contribution in [2.45, 2.75) is 32.0 Å². The highest BCUT2D eigenvalue weighted by Gasteiger charge is 2.40. The van der Waals surface area contributed by atoms with E-state index in [9.17, 15) is 13.2 Å². The van der Waals surface area contributed by atoms with Crippen LogP contribution in [0.15, 0.2) is 36.5 Å². The first-order valence-electron chi connectivity index (χ1n) is 8.51. The van der Waals surface area contributed by atoms with Crippen molar-refractivity contribution in [2.24, 2.45) is 0 Å². The second-order valence-electron chi connectivity index (χ2n) is 7.22. The highest BCUT2D eigenvalue weighted by atomic mass is 32.2. The molecule has 0 radical (unpaired) electrons. The van der Waals surface area contributed by atoms with Crippen LogP contribution in [-0.4, -0.2) is 46.4 Å². The molecule has 2 aliphatic rings. The largest absolute Gasteiger partial charge is 0.332 e. The molecule has 1 atom stereocenters. The molecule has 0 saturated carbocycles. The third-order valence-electron chi connectivity index (χ3n) is 4.89. The molecule has 2 aliphatic heterocycles. The third-order valence-corrected chi connectivity index (χ3v) is 6.79. The van der Waals surface area contributed by atoms with Gasteiger partial charge < -0.3 is 10.2 Å². The van der Waals surface area contributed by atoms with E-state index in [1.165, 1.54) is 0 Å². The number of nitrogens with one attached hydrogen (secondary N) is 1. The number of amides is 2. The summed E-state index contributed by atoms with van der Waals surface area (Å²) >= 11 is 0. The van der Waals surface area contributed by atoms with E-state index in [1.54, 1.807) is 18.0 Å². The van der Waals surface area contributed by atoms with Crippen molar-refractivity contribution in [3.8, 4) is 11.4 Å². The monoisotopic (exact) mass is 372 g/mol. The SMILES string of the molecule is C[C@]1(NC(=O)N2Cc3cnc(-c4ccccc4)nc3C2)CCS(=O)(=O)C1. The molecule has 0 unspecified atom stereocenters. The third kappa shape index (κ3) is 3.29. The molecular formula is C18H20N4O3S. The number of fused-ring (bicyclic) bond motifs is 1. The normalized spacial score (nSPS) is 23.7. The van der Waals surface area contributed by atoms with Crippen LogP contribution in [0.2, 0.25) is 0 Å². The van der Waals surface area contributed by atoms with Crippen LogP contribution < -0.4 is 5.32 Å². The van der Waals surface area contributed by atoms with Gasteiger partial charge in [0.15, 0.2) is 15.7 Å². The van der Waals surface area contributed by atoms with E-state index >= 15 is 0 Å². The smallest absolute Gasteiger partial charge is 0.318 e. The lowest BCUT2D eigenvalue weighted by Crippen LogP contribution is -2.51. The minimum atomic E-state index is -3.07. The Morgan fingerprint density at radius 3 is 2.69 bits per heavy atom.